The van der Waals surface area contributed by atoms with Gasteiger partial charge >= 0.3 is 0 Å². The lowest BCUT2D eigenvalue weighted by atomic mass is 10.0. The fourth-order valence-electron chi connectivity index (χ4n) is 2.53. The average molecular weight is 319 g/mol. The standard InChI is InChI=1S/C15H19N3O3.C2H6/c1-10-2-4-11(5-3-10)14-8-18(17-16-14)15-7-12(20)6-13(9-19)21-15;1-2/h2-5,8,12-13,15,19-20H,6-7,9H2,1H3;1-2H3/t12-,13?,15?;/m0./s1. The Morgan fingerprint density at radius 1 is 1.22 bits per heavy atom. The molecule has 1 aromatic heterocycles. The van der Waals surface area contributed by atoms with Crippen LogP contribution in [0.5, 0.6) is 0 Å². The fourth-order valence-corrected chi connectivity index (χ4v) is 2.53. The molecule has 2 aromatic rings. The van der Waals surface area contributed by atoms with Crippen LogP contribution in [-0.2, 0) is 4.74 Å². The number of aromatic nitrogens is 3. The molecule has 2 unspecified atom stereocenters. The highest BCUT2D eigenvalue weighted by atomic mass is 16.5. The van der Waals surface area contributed by atoms with Crippen molar-refractivity contribution in [1.29, 1.82) is 0 Å². The van der Waals surface area contributed by atoms with Crippen molar-refractivity contribution in [2.45, 2.75) is 52.0 Å². The zero-order valence-corrected chi connectivity index (χ0v) is 13.9. The second-order valence-electron chi connectivity index (χ2n) is 5.47. The van der Waals surface area contributed by atoms with Gasteiger partial charge in [0.1, 0.15) is 5.69 Å². The second-order valence-corrected chi connectivity index (χ2v) is 5.47. The van der Waals surface area contributed by atoms with E-state index in [0.717, 1.165) is 11.3 Å². The molecule has 2 heterocycles. The lowest BCUT2D eigenvalue weighted by Crippen LogP contribution is -2.36. The van der Waals surface area contributed by atoms with E-state index in [-0.39, 0.29) is 12.7 Å². The third kappa shape index (κ3) is 4.37. The Bertz CT molecular complexity index is 597. The van der Waals surface area contributed by atoms with Gasteiger partial charge in [-0.2, -0.15) is 0 Å². The molecule has 1 fully saturated rings. The summed E-state index contributed by atoms with van der Waals surface area (Å²) in [5.74, 6) is 0. The number of aryl methyl sites for hydroxylation is 1. The molecule has 6 nitrogen and oxygen atoms in total. The van der Waals surface area contributed by atoms with Crippen molar-refractivity contribution in [3.63, 3.8) is 0 Å². The monoisotopic (exact) mass is 319 g/mol. The van der Waals surface area contributed by atoms with Crippen molar-refractivity contribution in [1.82, 2.24) is 15.0 Å². The van der Waals surface area contributed by atoms with Crippen LogP contribution in [0.3, 0.4) is 0 Å². The summed E-state index contributed by atoms with van der Waals surface area (Å²) in [4.78, 5) is 0. The number of rotatable bonds is 3. The van der Waals surface area contributed by atoms with Crippen molar-refractivity contribution < 1.29 is 14.9 Å². The number of hydrogen-bond donors (Lipinski definition) is 2. The Morgan fingerprint density at radius 2 is 1.91 bits per heavy atom. The first-order chi connectivity index (χ1) is 11.2. The van der Waals surface area contributed by atoms with Crippen LogP contribution in [0.15, 0.2) is 30.5 Å². The van der Waals surface area contributed by atoms with E-state index < -0.39 is 12.3 Å². The Labute approximate surface area is 136 Å². The molecule has 0 amide bonds. The third-order valence-electron chi connectivity index (χ3n) is 3.71. The van der Waals surface area contributed by atoms with Crippen LogP contribution >= 0.6 is 0 Å². The minimum Gasteiger partial charge on any atom is -0.394 e. The molecule has 1 saturated heterocycles. The van der Waals surface area contributed by atoms with Crippen LogP contribution < -0.4 is 0 Å². The van der Waals surface area contributed by atoms with Crippen LogP contribution in [0.4, 0.5) is 0 Å². The Balaban J connectivity index is 0.000000924. The Kier molecular flexibility index (Phi) is 6.27. The molecule has 0 bridgehead atoms. The van der Waals surface area contributed by atoms with Gasteiger partial charge in [-0.15, -0.1) is 5.10 Å². The van der Waals surface area contributed by atoms with Crippen molar-refractivity contribution in [3.8, 4) is 11.3 Å². The molecular weight excluding hydrogens is 294 g/mol. The van der Waals surface area contributed by atoms with Gasteiger partial charge in [0.15, 0.2) is 6.23 Å². The minimum absolute atomic E-state index is 0.104. The maximum atomic E-state index is 9.84. The highest BCUT2D eigenvalue weighted by molar-refractivity contribution is 5.57. The van der Waals surface area contributed by atoms with E-state index in [0.29, 0.717) is 12.8 Å². The quantitative estimate of drug-likeness (QED) is 0.907. The lowest BCUT2D eigenvalue weighted by molar-refractivity contribution is -0.146. The van der Waals surface area contributed by atoms with E-state index in [1.54, 1.807) is 4.68 Å². The van der Waals surface area contributed by atoms with Gasteiger partial charge in [0.05, 0.1) is 25.0 Å². The second kappa shape index (κ2) is 8.19. The number of ether oxygens (including phenoxy) is 1. The molecule has 3 atom stereocenters. The Morgan fingerprint density at radius 3 is 2.57 bits per heavy atom. The van der Waals surface area contributed by atoms with Crippen LogP contribution in [0.1, 0.15) is 38.5 Å². The molecule has 23 heavy (non-hydrogen) atoms. The zero-order valence-electron chi connectivity index (χ0n) is 13.9. The van der Waals surface area contributed by atoms with Crippen LogP contribution in [0.25, 0.3) is 11.3 Å². The molecule has 0 saturated carbocycles. The first-order valence-corrected chi connectivity index (χ1v) is 8.09. The van der Waals surface area contributed by atoms with Gasteiger partial charge in [-0.1, -0.05) is 48.9 Å². The lowest BCUT2D eigenvalue weighted by Gasteiger charge is -2.31. The smallest absolute Gasteiger partial charge is 0.154 e. The molecule has 126 valence electrons. The first kappa shape index (κ1) is 17.6. The van der Waals surface area contributed by atoms with Crippen LogP contribution in [0.2, 0.25) is 0 Å². The Hall–Kier alpha value is -1.76. The molecule has 1 aromatic carbocycles. The average Bonchev–Trinajstić information content (AvgIpc) is 3.07. The van der Waals surface area contributed by atoms with Crippen molar-refractivity contribution >= 4 is 0 Å². The summed E-state index contributed by atoms with van der Waals surface area (Å²) in [5.41, 5.74) is 2.94. The molecule has 3 rings (SSSR count). The van der Waals surface area contributed by atoms with Gasteiger partial charge in [-0.05, 0) is 6.92 Å². The number of aliphatic hydroxyl groups excluding tert-OH is 2. The van der Waals surface area contributed by atoms with Crippen LogP contribution in [0, 0.1) is 6.92 Å². The van der Waals surface area contributed by atoms with E-state index in [9.17, 15) is 10.2 Å². The summed E-state index contributed by atoms with van der Waals surface area (Å²) in [6.07, 6.45) is 1.47. The molecule has 1 aliphatic heterocycles. The zero-order chi connectivity index (χ0) is 16.8. The van der Waals surface area contributed by atoms with Gasteiger partial charge < -0.3 is 14.9 Å². The number of aliphatic hydroxyl groups is 2. The molecule has 0 radical (unpaired) electrons. The molecule has 0 spiro atoms. The molecule has 0 aliphatic carbocycles. The molecule has 1 aliphatic rings. The predicted molar refractivity (Wildman–Crippen MR) is 87.8 cm³/mol. The van der Waals surface area contributed by atoms with E-state index in [2.05, 4.69) is 10.3 Å². The van der Waals surface area contributed by atoms with Crippen molar-refractivity contribution in [2.24, 2.45) is 0 Å². The van der Waals surface area contributed by atoms with Gasteiger partial charge in [0.25, 0.3) is 0 Å². The maximum Gasteiger partial charge on any atom is 0.154 e. The highest BCUT2D eigenvalue weighted by Gasteiger charge is 2.29. The van der Waals surface area contributed by atoms with Gasteiger partial charge in [-0.25, -0.2) is 4.68 Å². The number of benzene rings is 1. The van der Waals surface area contributed by atoms with Gasteiger partial charge in [0, 0.05) is 18.4 Å². The number of hydrogen-bond acceptors (Lipinski definition) is 5. The van der Waals surface area contributed by atoms with Gasteiger partial charge in [-0.3, -0.25) is 0 Å². The summed E-state index contributed by atoms with van der Waals surface area (Å²) in [7, 11) is 0. The summed E-state index contributed by atoms with van der Waals surface area (Å²) in [6, 6.07) is 8.04. The van der Waals surface area contributed by atoms with E-state index in [4.69, 9.17) is 4.74 Å². The summed E-state index contributed by atoms with van der Waals surface area (Å²) >= 11 is 0. The number of nitrogens with zero attached hydrogens (tertiary/aromatic N) is 3. The molecule has 6 heteroatoms. The van der Waals surface area contributed by atoms with E-state index >= 15 is 0 Å². The van der Waals surface area contributed by atoms with E-state index in [1.165, 1.54) is 5.56 Å². The van der Waals surface area contributed by atoms with Crippen molar-refractivity contribution in [2.75, 3.05) is 6.61 Å². The first-order valence-electron chi connectivity index (χ1n) is 8.09. The molecule has 2 N–H and O–H groups in total. The normalized spacial score (nSPS) is 24.0. The fraction of sp³-hybridized carbons (Fsp3) is 0.529. The van der Waals surface area contributed by atoms with E-state index in [1.807, 2.05) is 51.2 Å². The summed E-state index contributed by atoms with van der Waals surface area (Å²) < 4.78 is 7.32. The topological polar surface area (TPSA) is 80.4 Å². The highest BCUT2D eigenvalue weighted by Crippen LogP contribution is 2.27. The third-order valence-corrected chi connectivity index (χ3v) is 3.71. The maximum absolute atomic E-state index is 9.84. The van der Waals surface area contributed by atoms with Crippen molar-refractivity contribution in [3.05, 3.63) is 36.0 Å². The predicted octanol–water partition coefficient (Wildman–Crippen LogP) is 2.31. The largest absolute Gasteiger partial charge is 0.394 e. The van der Waals surface area contributed by atoms with Gasteiger partial charge in [0.2, 0.25) is 0 Å². The summed E-state index contributed by atoms with van der Waals surface area (Å²) in [6.45, 7) is 5.93. The summed E-state index contributed by atoms with van der Waals surface area (Å²) in [5, 5.41) is 27.3. The SMILES string of the molecule is CC.Cc1ccc(-c2cn(C3C[C@@H](O)CC(CO)O3)nn2)cc1. The van der Waals surface area contributed by atoms with Crippen LogP contribution in [-0.4, -0.2) is 44.0 Å². The molecular formula is C17H25N3O3. The minimum atomic E-state index is -0.493.